The zero-order valence-corrected chi connectivity index (χ0v) is 11.9. The topological polar surface area (TPSA) is 60.3 Å². The molecule has 0 spiro atoms. The highest BCUT2D eigenvalue weighted by Crippen LogP contribution is 2.09. The normalized spacial score (nSPS) is 10.1. The van der Waals surface area contributed by atoms with Crippen LogP contribution in [-0.2, 0) is 11.8 Å². The van der Waals surface area contributed by atoms with E-state index in [1.165, 1.54) is 10.6 Å². The second-order valence-electron chi connectivity index (χ2n) is 4.68. The lowest BCUT2D eigenvalue weighted by Crippen LogP contribution is -2.18. The van der Waals surface area contributed by atoms with Crippen molar-refractivity contribution in [3.8, 4) is 5.75 Å². The van der Waals surface area contributed by atoms with Crippen LogP contribution < -0.4 is 15.6 Å². The number of hydrogen-bond acceptors (Lipinski definition) is 3. The van der Waals surface area contributed by atoms with Crippen LogP contribution in [-0.4, -0.2) is 17.1 Å². The highest BCUT2D eigenvalue weighted by atomic mass is 16.5. The Balaban J connectivity index is 1.72. The van der Waals surface area contributed by atoms with Crippen molar-refractivity contribution < 1.29 is 9.53 Å². The summed E-state index contributed by atoms with van der Waals surface area (Å²) in [5.74, 6) is 0.710. The molecule has 1 heterocycles. The maximum atomic E-state index is 11.8. The molecule has 2 rings (SSSR count). The lowest BCUT2D eigenvalue weighted by Gasteiger charge is -2.07. The number of aryl methyl sites for hydroxylation is 1. The van der Waals surface area contributed by atoms with E-state index in [4.69, 9.17) is 4.74 Å². The number of carbonyl (C=O) groups is 1. The highest BCUT2D eigenvalue weighted by Gasteiger charge is 2.03. The second kappa shape index (κ2) is 7.28. The van der Waals surface area contributed by atoms with Crippen LogP contribution >= 0.6 is 0 Å². The van der Waals surface area contributed by atoms with E-state index in [-0.39, 0.29) is 11.5 Å². The first-order valence-electron chi connectivity index (χ1n) is 6.79. The first-order chi connectivity index (χ1) is 10.1. The number of pyridine rings is 1. The molecule has 2 aromatic rings. The number of aromatic nitrogens is 1. The van der Waals surface area contributed by atoms with E-state index in [0.29, 0.717) is 25.1 Å². The Morgan fingerprint density at radius 3 is 2.67 bits per heavy atom. The molecule has 5 heteroatoms. The molecule has 5 nitrogen and oxygen atoms in total. The number of carbonyl (C=O) groups excluding carboxylic acids is 1. The predicted molar refractivity (Wildman–Crippen MR) is 81.5 cm³/mol. The monoisotopic (exact) mass is 286 g/mol. The molecule has 0 saturated carbocycles. The van der Waals surface area contributed by atoms with Crippen LogP contribution in [0.15, 0.2) is 53.5 Å². The van der Waals surface area contributed by atoms with Crippen molar-refractivity contribution in [3.63, 3.8) is 0 Å². The molecule has 0 aliphatic heterocycles. The summed E-state index contributed by atoms with van der Waals surface area (Å²) in [5.41, 5.74) is 0.510. The van der Waals surface area contributed by atoms with Crippen molar-refractivity contribution in [1.82, 2.24) is 4.57 Å². The summed E-state index contributed by atoms with van der Waals surface area (Å²) >= 11 is 0. The van der Waals surface area contributed by atoms with E-state index in [9.17, 15) is 9.59 Å². The fourth-order valence-corrected chi connectivity index (χ4v) is 1.83. The van der Waals surface area contributed by atoms with Gasteiger partial charge in [-0.3, -0.25) is 9.59 Å². The number of nitrogens with one attached hydrogen (secondary N) is 1. The minimum atomic E-state index is -0.107. The summed E-state index contributed by atoms with van der Waals surface area (Å²) in [7, 11) is 1.64. The highest BCUT2D eigenvalue weighted by molar-refractivity contribution is 5.90. The van der Waals surface area contributed by atoms with Crippen LogP contribution in [0.3, 0.4) is 0 Å². The van der Waals surface area contributed by atoms with Gasteiger partial charge in [-0.05, 0) is 24.6 Å². The van der Waals surface area contributed by atoms with Gasteiger partial charge in [0.2, 0.25) is 11.5 Å². The van der Waals surface area contributed by atoms with Gasteiger partial charge in [-0.15, -0.1) is 0 Å². The molecule has 0 saturated heterocycles. The molecule has 0 aliphatic rings. The minimum Gasteiger partial charge on any atom is -0.494 e. The number of amides is 1. The fourth-order valence-electron chi connectivity index (χ4n) is 1.83. The summed E-state index contributed by atoms with van der Waals surface area (Å²) in [6.07, 6.45) is 2.60. The van der Waals surface area contributed by atoms with E-state index in [0.717, 1.165) is 5.75 Å². The van der Waals surface area contributed by atoms with Crippen LogP contribution in [0.5, 0.6) is 5.75 Å². The summed E-state index contributed by atoms with van der Waals surface area (Å²) in [6, 6.07) is 12.5. The van der Waals surface area contributed by atoms with Crippen LogP contribution in [0, 0.1) is 0 Å². The molecule has 0 bridgehead atoms. The number of nitrogens with zero attached hydrogens (tertiary/aromatic N) is 1. The Morgan fingerprint density at radius 1 is 1.19 bits per heavy atom. The first-order valence-corrected chi connectivity index (χ1v) is 6.79. The molecular formula is C16H18N2O3. The van der Waals surface area contributed by atoms with E-state index in [1.807, 2.05) is 30.3 Å². The Bertz CT molecular complexity index is 650. The van der Waals surface area contributed by atoms with Crippen LogP contribution in [0.4, 0.5) is 5.69 Å². The molecule has 0 radical (unpaired) electrons. The van der Waals surface area contributed by atoms with Gasteiger partial charge in [-0.25, -0.2) is 0 Å². The third kappa shape index (κ3) is 4.80. The van der Waals surface area contributed by atoms with Gasteiger partial charge in [0.05, 0.1) is 12.3 Å². The molecule has 21 heavy (non-hydrogen) atoms. The summed E-state index contributed by atoms with van der Waals surface area (Å²) < 4.78 is 6.94. The Hall–Kier alpha value is -2.56. The molecule has 1 N–H and O–H groups in total. The zero-order chi connectivity index (χ0) is 15.1. The number of anilines is 1. The van der Waals surface area contributed by atoms with E-state index in [2.05, 4.69) is 5.32 Å². The molecule has 1 aromatic carbocycles. The average molecular weight is 286 g/mol. The van der Waals surface area contributed by atoms with E-state index in [1.54, 1.807) is 19.3 Å². The van der Waals surface area contributed by atoms with Crippen molar-refractivity contribution in [1.29, 1.82) is 0 Å². The van der Waals surface area contributed by atoms with Gasteiger partial charge in [-0.2, -0.15) is 0 Å². The number of hydrogen-bond donors (Lipinski definition) is 1. The molecule has 0 unspecified atom stereocenters. The lowest BCUT2D eigenvalue weighted by atomic mass is 10.3. The number of benzene rings is 1. The average Bonchev–Trinajstić information content (AvgIpc) is 2.49. The molecule has 0 fully saturated rings. The molecule has 1 amide bonds. The number of rotatable bonds is 6. The molecule has 0 atom stereocenters. The maximum Gasteiger partial charge on any atom is 0.250 e. The number of ether oxygens (including phenoxy) is 1. The summed E-state index contributed by atoms with van der Waals surface area (Å²) in [5, 5.41) is 2.75. The van der Waals surface area contributed by atoms with Gasteiger partial charge in [-0.1, -0.05) is 18.2 Å². The van der Waals surface area contributed by atoms with E-state index < -0.39 is 0 Å². The van der Waals surface area contributed by atoms with Gasteiger partial charge in [0.1, 0.15) is 5.75 Å². The quantitative estimate of drug-likeness (QED) is 0.828. The van der Waals surface area contributed by atoms with Crippen LogP contribution in [0.25, 0.3) is 0 Å². The fraction of sp³-hybridized carbons (Fsp3) is 0.250. The van der Waals surface area contributed by atoms with Gasteiger partial charge in [0.15, 0.2) is 0 Å². The van der Waals surface area contributed by atoms with Crippen molar-refractivity contribution in [2.24, 2.45) is 7.05 Å². The first kappa shape index (κ1) is 14.8. The van der Waals surface area contributed by atoms with Gasteiger partial charge in [0, 0.05) is 25.7 Å². The second-order valence-corrected chi connectivity index (χ2v) is 4.68. The zero-order valence-electron chi connectivity index (χ0n) is 11.9. The molecule has 110 valence electrons. The predicted octanol–water partition coefficient (Wildman–Crippen LogP) is 2.18. The molecule has 0 aliphatic carbocycles. The molecule has 1 aromatic heterocycles. The Labute approximate surface area is 123 Å². The Morgan fingerprint density at radius 2 is 1.95 bits per heavy atom. The van der Waals surface area contributed by atoms with Crippen molar-refractivity contribution >= 4 is 11.6 Å². The SMILES string of the molecule is Cn1cc(NC(=O)CCCOc2ccccc2)ccc1=O. The molecular weight excluding hydrogens is 268 g/mol. The third-order valence-electron chi connectivity index (χ3n) is 2.93. The lowest BCUT2D eigenvalue weighted by molar-refractivity contribution is -0.116. The van der Waals surface area contributed by atoms with Crippen LogP contribution in [0.1, 0.15) is 12.8 Å². The smallest absolute Gasteiger partial charge is 0.250 e. The largest absolute Gasteiger partial charge is 0.494 e. The van der Waals surface area contributed by atoms with Crippen molar-refractivity contribution in [3.05, 3.63) is 59.0 Å². The van der Waals surface area contributed by atoms with Gasteiger partial charge >= 0.3 is 0 Å². The summed E-state index contributed by atoms with van der Waals surface area (Å²) in [4.78, 5) is 23.0. The van der Waals surface area contributed by atoms with Crippen molar-refractivity contribution in [2.75, 3.05) is 11.9 Å². The van der Waals surface area contributed by atoms with Gasteiger partial charge in [0.25, 0.3) is 0 Å². The maximum absolute atomic E-state index is 11.8. The Kier molecular flexibility index (Phi) is 5.15. The van der Waals surface area contributed by atoms with Crippen molar-refractivity contribution in [2.45, 2.75) is 12.8 Å². The summed E-state index contributed by atoms with van der Waals surface area (Å²) in [6.45, 7) is 0.491. The number of para-hydroxylation sites is 1. The standard InChI is InChI=1S/C16H18N2O3/c1-18-12-13(9-10-16(18)20)17-15(19)8-5-11-21-14-6-3-2-4-7-14/h2-4,6-7,9-10,12H,5,8,11H2,1H3,(H,17,19). The van der Waals surface area contributed by atoms with Crippen LogP contribution in [0.2, 0.25) is 0 Å². The van der Waals surface area contributed by atoms with Gasteiger partial charge < -0.3 is 14.6 Å². The third-order valence-corrected chi connectivity index (χ3v) is 2.93. The van der Waals surface area contributed by atoms with E-state index >= 15 is 0 Å². The minimum absolute atomic E-state index is 0.0923.